The number of hydrogen-bond acceptors (Lipinski definition) is 2. The normalized spacial score (nSPS) is 27.7. The van der Waals surface area contributed by atoms with Crippen LogP contribution in [0.3, 0.4) is 0 Å². The number of benzene rings is 1. The molecule has 2 atom stereocenters. The summed E-state index contributed by atoms with van der Waals surface area (Å²) in [7, 11) is 1.85. The third kappa shape index (κ3) is 2.37. The number of thiocarbonyl (C=S) groups is 1. The number of anilines is 1. The second-order valence-corrected chi connectivity index (χ2v) is 6.17. The Morgan fingerprint density at radius 3 is 2.32 bits per heavy atom. The molecule has 19 heavy (non-hydrogen) atoms. The van der Waals surface area contributed by atoms with Gasteiger partial charge in [-0.15, -0.1) is 0 Å². The predicted octanol–water partition coefficient (Wildman–Crippen LogP) is 2.33. The Bertz CT molecular complexity index is 515. The van der Waals surface area contributed by atoms with Gasteiger partial charge in [0.2, 0.25) is 5.91 Å². The first-order chi connectivity index (χ1) is 9.06. The molecule has 1 aromatic carbocycles. The topological polar surface area (TPSA) is 46.3 Å². The lowest BCUT2D eigenvalue weighted by Gasteiger charge is -2.22. The summed E-state index contributed by atoms with van der Waals surface area (Å²) in [6, 6.07) is 7.55. The van der Waals surface area contributed by atoms with Gasteiger partial charge in [0.1, 0.15) is 4.99 Å². The molecule has 2 saturated carbocycles. The zero-order chi connectivity index (χ0) is 13.6. The molecule has 0 bridgehead atoms. The van der Waals surface area contributed by atoms with Gasteiger partial charge in [-0.3, -0.25) is 4.79 Å². The molecular weight excluding hydrogens is 256 g/mol. The summed E-state index contributed by atoms with van der Waals surface area (Å²) in [5.41, 5.74) is 7.31. The minimum atomic E-state index is 0.226. The van der Waals surface area contributed by atoms with Crippen LogP contribution in [0.1, 0.15) is 24.8 Å². The molecule has 1 amide bonds. The van der Waals surface area contributed by atoms with Crippen molar-refractivity contribution >= 4 is 28.8 Å². The molecule has 4 heteroatoms. The van der Waals surface area contributed by atoms with Gasteiger partial charge in [-0.05, 0) is 55.4 Å². The average molecular weight is 274 g/mol. The smallest absolute Gasteiger partial charge is 0.229 e. The number of rotatable bonds is 3. The van der Waals surface area contributed by atoms with Crippen LogP contribution in [0.5, 0.6) is 0 Å². The first-order valence-electron chi connectivity index (χ1n) is 6.73. The van der Waals surface area contributed by atoms with E-state index in [1.165, 1.54) is 6.42 Å². The summed E-state index contributed by atoms with van der Waals surface area (Å²) in [6.45, 7) is 0. The average Bonchev–Trinajstić information content (AvgIpc) is 3.03. The largest absolute Gasteiger partial charge is 0.389 e. The fourth-order valence-corrected chi connectivity index (χ4v) is 3.30. The Morgan fingerprint density at radius 2 is 1.79 bits per heavy atom. The van der Waals surface area contributed by atoms with E-state index in [2.05, 4.69) is 0 Å². The number of amides is 1. The molecule has 0 radical (unpaired) electrons. The van der Waals surface area contributed by atoms with Crippen molar-refractivity contribution < 1.29 is 4.79 Å². The lowest BCUT2D eigenvalue weighted by Crippen LogP contribution is -2.32. The molecule has 2 unspecified atom stereocenters. The summed E-state index contributed by atoms with van der Waals surface area (Å²) in [4.78, 5) is 14.6. The van der Waals surface area contributed by atoms with Crippen LogP contribution in [-0.2, 0) is 4.79 Å². The van der Waals surface area contributed by atoms with Crippen molar-refractivity contribution in [2.45, 2.75) is 19.3 Å². The minimum Gasteiger partial charge on any atom is -0.389 e. The zero-order valence-electron chi connectivity index (χ0n) is 11.0. The Hall–Kier alpha value is -1.42. The molecule has 2 N–H and O–H groups in total. The van der Waals surface area contributed by atoms with Crippen molar-refractivity contribution in [3.05, 3.63) is 29.8 Å². The maximum Gasteiger partial charge on any atom is 0.229 e. The molecule has 100 valence electrons. The van der Waals surface area contributed by atoms with Crippen molar-refractivity contribution in [1.29, 1.82) is 0 Å². The highest BCUT2D eigenvalue weighted by Crippen LogP contribution is 2.54. The van der Waals surface area contributed by atoms with E-state index in [1.807, 2.05) is 31.3 Å². The highest BCUT2D eigenvalue weighted by molar-refractivity contribution is 7.80. The number of carbonyl (C=O) groups is 1. The Labute approximate surface area is 118 Å². The van der Waals surface area contributed by atoms with Gasteiger partial charge in [0.15, 0.2) is 0 Å². The summed E-state index contributed by atoms with van der Waals surface area (Å²) in [5, 5.41) is 0. The molecule has 0 saturated heterocycles. The third-order valence-electron chi connectivity index (χ3n) is 4.46. The molecule has 0 aromatic heterocycles. The summed E-state index contributed by atoms with van der Waals surface area (Å²) < 4.78 is 0. The van der Waals surface area contributed by atoms with Crippen LogP contribution < -0.4 is 10.6 Å². The minimum absolute atomic E-state index is 0.226. The van der Waals surface area contributed by atoms with Gasteiger partial charge in [0.05, 0.1) is 0 Å². The van der Waals surface area contributed by atoms with E-state index in [-0.39, 0.29) is 11.8 Å². The first kappa shape index (κ1) is 12.6. The molecule has 2 aliphatic rings. The molecule has 2 aliphatic carbocycles. The van der Waals surface area contributed by atoms with Crippen LogP contribution in [0.25, 0.3) is 0 Å². The van der Waals surface area contributed by atoms with E-state index in [1.54, 1.807) is 4.90 Å². The lowest BCUT2D eigenvalue weighted by molar-refractivity contribution is -0.122. The highest BCUT2D eigenvalue weighted by atomic mass is 32.1. The Morgan fingerprint density at radius 1 is 1.21 bits per heavy atom. The third-order valence-corrected chi connectivity index (χ3v) is 4.70. The highest BCUT2D eigenvalue weighted by Gasteiger charge is 2.48. The Kier molecular flexibility index (Phi) is 3.05. The summed E-state index contributed by atoms with van der Waals surface area (Å²) >= 11 is 4.92. The van der Waals surface area contributed by atoms with Crippen molar-refractivity contribution in [3.8, 4) is 0 Å². The Balaban J connectivity index is 1.70. The molecule has 3 nitrogen and oxygen atoms in total. The summed E-state index contributed by atoms with van der Waals surface area (Å²) in [5.74, 6) is 2.14. The van der Waals surface area contributed by atoms with Gasteiger partial charge in [0, 0.05) is 24.2 Å². The number of carbonyl (C=O) groups excluding carboxylic acids is 1. The maximum absolute atomic E-state index is 12.4. The first-order valence-corrected chi connectivity index (χ1v) is 7.14. The second-order valence-electron chi connectivity index (χ2n) is 5.73. The molecule has 3 rings (SSSR count). The number of hydrogen-bond donors (Lipinski definition) is 1. The molecular formula is C15H18N2OS. The van der Waals surface area contributed by atoms with E-state index >= 15 is 0 Å². The maximum atomic E-state index is 12.4. The SMILES string of the molecule is CN(C(=O)C1CC2CC2C1)c1ccc(C(N)=S)cc1. The van der Waals surface area contributed by atoms with Crippen LogP contribution in [-0.4, -0.2) is 17.9 Å². The zero-order valence-corrected chi connectivity index (χ0v) is 11.8. The lowest BCUT2D eigenvalue weighted by atomic mass is 10.0. The fraction of sp³-hybridized carbons (Fsp3) is 0.467. The van der Waals surface area contributed by atoms with Crippen molar-refractivity contribution in [3.63, 3.8) is 0 Å². The fourth-order valence-electron chi connectivity index (χ4n) is 3.17. The summed E-state index contributed by atoms with van der Waals surface area (Å²) in [6.07, 6.45) is 3.51. The van der Waals surface area contributed by atoms with Gasteiger partial charge in [-0.2, -0.15) is 0 Å². The van der Waals surface area contributed by atoms with Crippen LogP contribution in [0.2, 0.25) is 0 Å². The molecule has 0 heterocycles. The quantitative estimate of drug-likeness (QED) is 0.861. The standard InChI is InChI=1S/C15H18N2OS/c1-17(13-4-2-9(3-5-13)14(16)19)15(18)12-7-10-6-11(10)8-12/h2-5,10-12H,6-8H2,1H3,(H2,16,19). The molecule has 0 aliphatic heterocycles. The monoisotopic (exact) mass is 274 g/mol. The van der Waals surface area contributed by atoms with Crippen LogP contribution >= 0.6 is 12.2 Å². The van der Waals surface area contributed by atoms with Gasteiger partial charge in [-0.25, -0.2) is 0 Å². The number of fused-ring (bicyclic) bond motifs is 1. The van der Waals surface area contributed by atoms with Crippen molar-refractivity contribution in [1.82, 2.24) is 0 Å². The van der Waals surface area contributed by atoms with Gasteiger partial charge < -0.3 is 10.6 Å². The molecule has 1 aromatic rings. The van der Waals surface area contributed by atoms with E-state index < -0.39 is 0 Å². The predicted molar refractivity (Wildman–Crippen MR) is 80.1 cm³/mol. The van der Waals surface area contributed by atoms with Crippen LogP contribution in [0, 0.1) is 17.8 Å². The molecule has 2 fully saturated rings. The van der Waals surface area contributed by atoms with Crippen LogP contribution in [0.15, 0.2) is 24.3 Å². The van der Waals surface area contributed by atoms with Gasteiger partial charge >= 0.3 is 0 Å². The molecule has 0 spiro atoms. The van der Waals surface area contributed by atoms with Crippen LogP contribution in [0.4, 0.5) is 5.69 Å². The van der Waals surface area contributed by atoms with E-state index in [0.29, 0.717) is 4.99 Å². The van der Waals surface area contributed by atoms with E-state index in [4.69, 9.17) is 18.0 Å². The number of nitrogens with two attached hydrogens (primary N) is 1. The van der Waals surface area contributed by atoms with Gasteiger partial charge in [-0.1, -0.05) is 12.2 Å². The van der Waals surface area contributed by atoms with Gasteiger partial charge in [0.25, 0.3) is 0 Å². The van der Waals surface area contributed by atoms with Crippen molar-refractivity contribution in [2.24, 2.45) is 23.5 Å². The van der Waals surface area contributed by atoms with E-state index in [9.17, 15) is 4.79 Å². The number of nitrogens with zero attached hydrogens (tertiary/aromatic N) is 1. The van der Waals surface area contributed by atoms with E-state index in [0.717, 1.165) is 35.9 Å². The second kappa shape index (κ2) is 4.60. The van der Waals surface area contributed by atoms with Crippen molar-refractivity contribution in [2.75, 3.05) is 11.9 Å².